The number of rotatable bonds is 6. The molecule has 2 aliphatic rings. The maximum Gasteiger partial charge on any atom is 0.336 e. The Bertz CT molecular complexity index is 1010. The molecule has 0 spiro atoms. The number of hydrogen-bond donors (Lipinski definition) is 1. The Kier molecular flexibility index (Phi) is 6.91. The number of benzene rings is 1. The minimum atomic E-state index is -0.950. The van der Waals surface area contributed by atoms with Gasteiger partial charge in [0.2, 0.25) is 0 Å². The maximum atomic E-state index is 13.7. The number of ether oxygens (including phenoxy) is 4. The van der Waals surface area contributed by atoms with Gasteiger partial charge in [-0.3, -0.25) is 9.59 Å². The van der Waals surface area contributed by atoms with Crippen LogP contribution in [0.4, 0.5) is 0 Å². The van der Waals surface area contributed by atoms with Crippen LogP contribution in [0.2, 0.25) is 0 Å². The molecule has 1 aliphatic carbocycles. The van der Waals surface area contributed by atoms with Crippen LogP contribution in [0.15, 0.2) is 40.7 Å². The smallest absolute Gasteiger partial charge is 0.336 e. The molecular formula is C24H29NO7. The Hall–Kier alpha value is -3.29. The van der Waals surface area contributed by atoms with Crippen molar-refractivity contribution >= 4 is 17.7 Å². The van der Waals surface area contributed by atoms with E-state index in [9.17, 15) is 14.4 Å². The highest BCUT2D eigenvalue weighted by Crippen LogP contribution is 2.48. The number of esters is 2. The zero-order valence-electron chi connectivity index (χ0n) is 19.2. The second-order valence-electron chi connectivity index (χ2n) is 7.86. The topological polar surface area (TPSA) is 100 Å². The highest BCUT2D eigenvalue weighted by atomic mass is 16.5. The van der Waals surface area contributed by atoms with Gasteiger partial charge in [-0.1, -0.05) is 13.0 Å². The number of Topliss-reactive ketones (excluding diaryl/α,β-unsaturated/α-hetero) is 1. The molecule has 0 aromatic heterocycles. The van der Waals surface area contributed by atoms with E-state index in [0.29, 0.717) is 46.0 Å². The van der Waals surface area contributed by atoms with E-state index in [2.05, 4.69) is 5.32 Å². The third kappa shape index (κ3) is 3.97. The van der Waals surface area contributed by atoms with E-state index in [0.717, 1.165) is 0 Å². The van der Waals surface area contributed by atoms with Crippen LogP contribution >= 0.6 is 0 Å². The quantitative estimate of drug-likeness (QED) is 0.529. The van der Waals surface area contributed by atoms with E-state index in [4.69, 9.17) is 18.9 Å². The highest BCUT2D eigenvalue weighted by Gasteiger charge is 2.47. The number of carbonyl (C=O) groups is 3. The molecule has 1 heterocycles. The van der Waals surface area contributed by atoms with Crippen molar-refractivity contribution in [3.8, 4) is 11.5 Å². The standard InChI is InChI=1S/C24H29NO7/c1-7-32-24(28)19-13(3)25-16-10-12(2)18(23(27)31-6)22(26)21(16)20(19)15-9-8-14(29-4)11-17(15)30-5/h8-9,11-12,18,20,25H,7,10H2,1-6H3. The molecule has 0 saturated carbocycles. The van der Waals surface area contributed by atoms with Crippen molar-refractivity contribution in [3.63, 3.8) is 0 Å². The van der Waals surface area contributed by atoms with Crippen LogP contribution in [-0.2, 0) is 23.9 Å². The van der Waals surface area contributed by atoms with E-state index < -0.39 is 23.8 Å². The predicted molar refractivity (Wildman–Crippen MR) is 116 cm³/mol. The summed E-state index contributed by atoms with van der Waals surface area (Å²) in [6, 6.07) is 5.21. The molecule has 0 saturated heterocycles. The fourth-order valence-corrected chi connectivity index (χ4v) is 4.53. The summed E-state index contributed by atoms with van der Waals surface area (Å²) in [7, 11) is 4.32. The van der Waals surface area contributed by atoms with Gasteiger partial charge in [0.05, 0.1) is 39.4 Å². The molecule has 3 rings (SSSR count). The lowest BCUT2D eigenvalue weighted by atomic mass is 9.69. The molecule has 32 heavy (non-hydrogen) atoms. The fourth-order valence-electron chi connectivity index (χ4n) is 4.53. The van der Waals surface area contributed by atoms with E-state index >= 15 is 0 Å². The summed E-state index contributed by atoms with van der Waals surface area (Å²) < 4.78 is 21.1. The Morgan fingerprint density at radius 2 is 1.88 bits per heavy atom. The molecule has 1 aromatic carbocycles. The summed E-state index contributed by atoms with van der Waals surface area (Å²) in [4.78, 5) is 39.2. The first kappa shape index (κ1) is 23.4. The summed E-state index contributed by atoms with van der Waals surface area (Å²) in [6.07, 6.45) is 0.462. The van der Waals surface area contributed by atoms with Gasteiger partial charge in [-0.25, -0.2) is 4.79 Å². The minimum Gasteiger partial charge on any atom is -0.497 e. The van der Waals surface area contributed by atoms with Crippen LogP contribution in [0.3, 0.4) is 0 Å². The van der Waals surface area contributed by atoms with Crippen molar-refractivity contribution in [3.05, 3.63) is 46.3 Å². The zero-order valence-corrected chi connectivity index (χ0v) is 19.2. The number of methoxy groups -OCH3 is 3. The van der Waals surface area contributed by atoms with Crippen molar-refractivity contribution in [2.75, 3.05) is 27.9 Å². The second-order valence-corrected chi connectivity index (χ2v) is 7.86. The van der Waals surface area contributed by atoms with Gasteiger partial charge in [0.25, 0.3) is 0 Å². The SMILES string of the molecule is CCOC(=O)C1=C(C)NC2=C(C(=O)C(C(=O)OC)C(C)C2)C1c1ccc(OC)cc1OC. The van der Waals surface area contributed by atoms with Crippen LogP contribution in [0.1, 0.15) is 38.7 Å². The van der Waals surface area contributed by atoms with Crippen LogP contribution in [0.25, 0.3) is 0 Å². The van der Waals surface area contributed by atoms with Gasteiger partial charge in [0, 0.05) is 28.6 Å². The van der Waals surface area contributed by atoms with Crippen molar-refractivity contribution in [1.82, 2.24) is 5.32 Å². The Morgan fingerprint density at radius 1 is 1.16 bits per heavy atom. The number of carbonyl (C=O) groups excluding carboxylic acids is 3. The number of dihydropyridines is 1. The monoisotopic (exact) mass is 443 g/mol. The number of hydrogen-bond acceptors (Lipinski definition) is 8. The molecule has 1 N–H and O–H groups in total. The van der Waals surface area contributed by atoms with Gasteiger partial charge in [-0.2, -0.15) is 0 Å². The van der Waals surface area contributed by atoms with Gasteiger partial charge in [0.1, 0.15) is 17.4 Å². The highest BCUT2D eigenvalue weighted by molar-refractivity contribution is 6.12. The molecule has 0 fully saturated rings. The molecule has 0 radical (unpaired) electrons. The van der Waals surface area contributed by atoms with Crippen molar-refractivity contribution in [1.29, 1.82) is 0 Å². The molecule has 3 unspecified atom stereocenters. The minimum absolute atomic E-state index is 0.184. The summed E-state index contributed by atoms with van der Waals surface area (Å²) in [5, 5.41) is 3.23. The van der Waals surface area contributed by atoms with E-state index in [1.807, 2.05) is 6.92 Å². The molecule has 0 bridgehead atoms. The van der Waals surface area contributed by atoms with E-state index in [-0.39, 0.29) is 18.3 Å². The lowest BCUT2D eigenvalue weighted by Crippen LogP contribution is -2.43. The average Bonchev–Trinajstić information content (AvgIpc) is 2.77. The summed E-state index contributed by atoms with van der Waals surface area (Å²) in [5.74, 6) is -2.42. The van der Waals surface area contributed by atoms with Crippen LogP contribution in [0, 0.1) is 11.8 Å². The van der Waals surface area contributed by atoms with Crippen LogP contribution in [0.5, 0.6) is 11.5 Å². The lowest BCUT2D eigenvalue weighted by Gasteiger charge is -2.38. The number of ketones is 1. The summed E-state index contributed by atoms with van der Waals surface area (Å²) in [5.41, 5.74) is 2.56. The zero-order chi connectivity index (χ0) is 23.6. The van der Waals surface area contributed by atoms with Crippen molar-refractivity contribution in [2.45, 2.75) is 33.1 Å². The molecule has 8 nitrogen and oxygen atoms in total. The predicted octanol–water partition coefficient (Wildman–Crippen LogP) is 2.88. The number of allylic oxidation sites excluding steroid dienone is 3. The normalized spacial score (nSPS) is 22.7. The number of nitrogens with one attached hydrogen (secondary N) is 1. The van der Waals surface area contributed by atoms with E-state index in [1.165, 1.54) is 14.2 Å². The van der Waals surface area contributed by atoms with Crippen LogP contribution < -0.4 is 14.8 Å². The van der Waals surface area contributed by atoms with Gasteiger partial charge in [-0.05, 0) is 32.3 Å². The first-order valence-electron chi connectivity index (χ1n) is 10.5. The van der Waals surface area contributed by atoms with Crippen LogP contribution in [-0.4, -0.2) is 45.7 Å². The maximum absolute atomic E-state index is 13.7. The van der Waals surface area contributed by atoms with Crippen molar-refractivity contribution < 1.29 is 33.3 Å². The summed E-state index contributed by atoms with van der Waals surface area (Å²) in [6.45, 7) is 5.52. The molecule has 172 valence electrons. The average molecular weight is 443 g/mol. The molecular weight excluding hydrogens is 414 g/mol. The molecule has 1 aromatic rings. The largest absolute Gasteiger partial charge is 0.497 e. The van der Waals surface area contributed by atoms with E-state index in [1.54, 1.807) is 39.2 Å². The third-order valence-electron chi connectivity index (χ3n) is 5.99. The molecule has 1 aliphatic heterocycles. The molecule has 3 atom stereocenters. The first-order valence-corrected chi connectivity index (χ1v) is 10.5. The first-order chi connectivity index (χ1) is 15.3. The second kappa shape index (κ2) is 9.46. The Balaban J connectivity index is 2.25. The van der Waals surface area contributed by atoms with Gasteiger partial charge in [-0.15, -0.1) is 0 Å². The fraction of sp³-hybridized carbons (Fsp3) is 0.458. The third-order valence-corrected chi connectivity index (χ3v) is 5.99. The van der Waals surface area contributed by atoms with Gasteiger partial charge >= 0.3 is 11.9 Å². The van der Waals surface area contributed by atoms with Crippen molar-refractivity contribution in [2.24, 2.45) is 11.8 Å². The van der Waals surface area contributed by atoms with Gasteiger partial charge in [0.15, 0.2) is 5.78 Å². The Labute approximate surface area is 187 Å². The molecule has 0 amide bonds. The molecule has 8 heteroatoms. The lowest BCUT2D eigenvalue weighted by molar-refractivity contribution is -0.151. The summed E-state index contributed by atoms with van der Waals surface area (Å²) >= 11 is 0. The van der Waals surface area contributed by atoms with Gasteiger partial charge < -0.3 is 24.3 Å². The Morgan fingerprint density at radius 3 is 2.47 bits per heavy atom.